The number of amides is 1. The number of benzene rings is 2. The lowest BCUT2D eigenvalue weighted by molar-refractivity contribution is 0.0946. The van der Waals surface area contributed by atoms with E-state index in [0.717, 1.165) is 41.7 Å². The predicted octanol–water partition coefficient (Wildman–Crippen LogP) is 4.33. The Morgan fingerprint density at radius 1 is 1.00 bits per heavy atom. The first-order chi connectivity index (χ1) is 16.4. The van der Waals surface area contributed by atoms with Gasteiger partial charge in [0, 0.05) is 35.8 Å². The molecule has 3 atom stereocenters. The summed E-state index contributed by atoms with van der Waals surface area (Å²) >= 11 is 0. The molecule has 7 heteroatoms. The van der Waals surface area contributed by atoms with Crippen LogP contribution in [0.15, 0.2) is 48.5 Å². The Balaban J connectivity index is 1.47. The fraction of sp³-hybridized carbons (Fsp3) is 0.333. The quantitative estimate of drug-likeness (QED) is 0.505. The summed E-state index contributed by atoms with van der Waals surface area (Å²) in [6.07, 6.45) is 2.81. The number of nitrogens with two attached hydrogens (primary N) is 1. The zero-order valence-corrected chi connectivity index (χ0v) is 19.4. The number of aromatic nitrogens is 1. The van der Waals surface area contributed by atoms with E-state index in [1.165, 1.54) is 6.07 Å². The van der Waals surface area contributed by atoms with Gasteiger partial charge in [0.25, 0.3) is 5.91 Å². The van der Waals surface area contributed by atoms with Crippen LogP contribution in [0.5, 0.6) is 5.75 Å². The van der Waals surface area contributed by atoms with Crippen LogP contribution in [0.2, 0.25) is 0 Å². The standard InChI is InChI=1S/C27H29FN4O2/c1-15-11-21(12-16(2)31-15)34-20-6-3-17(4-7-20)23-14-24(28)32-26(29)25(23)19-5-8-22-18(13-19)9-10-30-27(22)33/h3-8,13-16,21,31H,9-12H2,1-2H3,(H2,29,32)(H,30,33)/t15-,16+,21?. The van der Waals surface area contributed by atoms with Gasteiger partial charge in [0.05, 0.1) is 0 Å². The summed E-state index contributed by atoms with van der Waals surface area (Å²) in [4.78, 5) is 16.0. The van der Waals surface area contributed by atoms with Crippen LogP contribution in [-0.4, -0.2) is 35.6 Å². The third-order valence-electron chi connectivity index (χ3n) is 6.60. The molecule has 0 spiro atoms. The van der Waals surface area contributed by atoms with Crippen molar-refractivity contribution in [3.8, 4) is 28.0 Å². The number of piperidine rings is 1. The molecular formula is C27H29FN4O2. The molecule has 1 unspecified atom stereocenters. The van der Waals surface area contributed by atoms with Crippen molar-refractivity contribution < 1.29 is 13.9 Å². The number of carbonyl (C=O) groups is 1. The second-order valence-electron chi connectivity index (χ2n) is 9.34. The SMILES string of the molecule is C[C@@H]1CC(Oc2ccc(-c3cc(F)nc(N)c3-c3ccc4c(c3)CCNC4=O)cc2)C[C@H](C)N1. The average molecular weight is 461 g/mol. The maximum atomic E-state index is 14.3. The highest BCUT2D eigenvalue weighted by molar-refractivity contribution is 5.98. The average Bonchev–Trinajstić information content (AvgIpc) is 2.78. The van der Waals surface area contributed by atoms with Gasteiger partial charge in [-0.3, -0.25) is 4.79 Å². The molecule has 1 fully saturated rings. The fourth-order valence-corrected chi connectivity index (χ4v) is 5.16. The smallest absolute Gasteiger partial charge is 0.251 e. The number of nitrogen functional groups attached to an aromatic ring is 1. The maximum absolute atomic E-state index is 14.3. The van der Waals surface area contributed by atoms with Crippen LogP contribution >= 0.6 is 0 Å². The third kappa shape index (κ3) is 4.48. The van der Waals surface area contributed by atoms with Crippen molar-refractivity contribution in [3.05, 3.63) is 65.6 Å². The lowest BCUT2D eigenvalue weighted by atomic mass is 9.91. The minimum atomic E-state index is -0.633. The zero-order valence-electron chi connectivity index (χ0n) is 19.4. The van der Waals surface area contributed by atoms with Crippen molar-refractivity contribution in [2.45, 2.75) is 51.3 Å². The van der Waals surface area contributed by atoms with E-state index in [1.54, 1.807) is 6.07 Å². The Bertz CT molecular complexity index is 1220. The van der Waals surface area contributed by atoms with E-state index < -0.39 is 5.95 Å². The molecule has 1 saturated heterocycles. The molecule has 34 heavy (non-hydrogen) atoms. The number of pyridine rings is 1. The number of halogens is 1. The van der Waals surface area contributed by atoms with Crippen LogP contribution in [0.4, 0.5) is 10.2 Å². The Morgan fingerprint density at radius 2 is 1.71 bits per heavy atom. The van der Waals surface area contributed by atoms with E-state index in [4.69, 9.17) is 10.5 Å². The zero-order chi connectivity index (χ0) is 23.8. The monoisotopic (exact) mass is 460 g/mol. The Hall–Kier alpha value is -3.45. The summed E-state index contributed by atoms with van der Waals surface area (Å²) in [6, 6.07) is 15.5. The first kappa shape index (κ1) is 22.3. The molecule has 6 nitrogen and oxygen atoms in total. The van der Waals surface area contributed by atoms with Gasteiger partial charge in [-0.2, -0.15) is 4.39 Å². The van der Waals surface area contributed by atoms with Crippen molar-refractivity contribution in [2.75, 3.05) is 12.3 Å². The summed E-state index contributed by atoms with van der Waals surface area (Å²) in [5, 5.41) is 6.38. The van der Waals surface area contributed by atoms with Crippen LogP contribution in [-0.2, 0) is 6.42 Å². The molecule has 5 rings (SSSR count). The first-order valence-electron chi connectivity index (χ1n) is 11.8. The molecule has 0 aliphatic carbocycles. The first-order valence-corrected chi connectivity index (χ1v) is 11.8. The molecular weight excluding hydrogens is 431 g/mol. The van der Waals surface area contributed by atoms with Crippen molar-refractivity contribution in [1.82, 2.24) is 15.6 Å². The summed E-state index contributed by atoms with van der Waals surface area (Å²) in [6.45, 7) is 4.94. The number of anilines is 1. The van der Waals surface area contributed by atoms with Gasteiger partial charge < -0.3 is 21.1 Å². The number of hydrogen-bond donors (Lipinski definition) is 3. The van der Waals surface area contributed by atoms with Crippen molar-refractivity contribution >= 4 is 11.7 Å². The topological polar surface area (TPSA) is 89.3 Å². The highest BCUT2D eigenvalue weighted by Gasteiger charge is 2.25. The van der Waals surface area contributed by atoms with Crippen molar-refractivity contribution in [3.63, 3.8) is 0 Å². The lowest BCUT2D eigenvalue weighted by Gasteiger charge is -2.33. The van der Waals surface area contributed by atoms with Crippen molar-refractivity contribution in [2.24, 2.45) is 0 Å². The summed E-state index contributed by atoms with van der Waals surface area (Å²) in [5.74, 6) is 0.199. The molecule has 176 valence electrons. The second-order valence-corrected chi connectivity index (χ2v) is 9.34. The van der Waals surface area contributed by atoms with E-state index in [1.807, 2.05) is 36.4 Å². The van der Waals surface area contributed by atoms with E-state index in [0.29, 0.717) is 35.3 Å². The normalized spacial score (nSPS) is 22.1. The molecule has 2 aliphatic rings. The highest BCUT2D eigenvalue weighted by atomic mass is 19.1. The molecule has 0 radical (unpaired) electrons. The van der Waals surface area contributed by atoms with E-state index in [-0.39, 0.29) is 17.8 Å². The number of hydrogen-bond acceptors (Lipinski definition) is 5. The molecule has 0 saturated carbocycles. The number of nitrogens with one attached hydrogen (secondary N) is 2. The minimum Gasteiger partial charge on any atom is -0.490 e. The number of nitrogens with zero attached hydrogens (tertiary/aromatic N) is 1. The van der Waals surface area contributed by atoms with Gasteiger partial charge in [-0.1, -0.05) is 24.3 Å². The van der Waals surface area contributed by atoms with Gasteiger partial charge in [-0.05, 0) is 73.6 Å². The highest BCUT2D eigenvalue weighted by Crippen LogP contribution is 2.38. The van der Waals surface area contributed by atoms with E-state index in [2.05, 4.69) is 29.5 Å². The summed E-state index contributed by atoms with van der Waals surface area (Å²) in [7, 11) is 0. The molecule has 1 aromatic heterocycles. The third-order valence-corrected chi connectivity index (χ3v) is 6.60. The second kappa shape index (κ2) is 9.06. The largest absolute Gasteiger partial charge is 0.490 e. The summed E-state index contributed by atoms with van der Waals surface area (Å²) < 4.78 is 20.6. The fourth-order valence-electron chi connectivity index (χ4n) is 5.16. The van der Waals surface area contributed by atoms with Gasteiger partial charge in [-0.25, -0.2) is 4.98 Å². The van der Waals surface area contributed by atoms with Gasteiger partial charge in [0.2, 0.25) is 5.95 Å². The van der Waals surface area contributed by atoms with Crippen LogP contribution < -0.4 is 21.1 Å². The van der Waals surface area contributed by atoms with Crippen LogP contribution in [0.3, 0.4) is 0 Å². The Morgan fingerprint density at radius 3 is 2.44 bits per heavy atom. The molecule has 4 N–H and O–H groups in total. The Labute approximate surface area is 198 Å². The number of ether oxygens (including phenoxy) is 1. The minimum absolute atomic E-state index is 0.0775. The van der Waals surface area contributed by atoms with E-state index in [9.17, 15) is 9.18 Å². The lowest BCUT2D eigenvalue weighted by Crippen LogP contribution is -2.46. The molecule has 0 bridgehead atoms. The van der Waals surface area contributed by atoms with Crippen LogP contribution in [0.1, 0.15) is 42.6 Å². The molecule has 2 aliphatic heterocycles. The van der Waals surface area contributed by atoms with Crippen LogP contribution in [0.25, 0.3) is 22.3 Å². The number of rotatable bonds is 4. The molecule has 3 aromatic rings. The summed E-state index contributed by atoms with van der Waals surface area (Å²) in [5.41, 5.74) is 10.8. The number of carbonyl (C=O) groups excluding carboxylic acids is 1. The molecule has 3 heterocycles. The van der Waals surface area contributed by atoms with Gasteiger partial charge in [0.1, 0.15) is 17.7 Å². The van der Waals surface area contributed by atoms with Gasteiger partial charge in [-0.15, -0.1) is 0 Å². The van der Waals surface area contributed by atoms with Gasteiger partial charge >= 0.3 is 0 Å². The maximum Gasteiger partial charge on any atom is 0.251 e. The van der Waals surface area contributed by atoms with Gasteiger partial charge in [0.15, 0.2) is 0 Å². The number of fused-ring (bicyclic) bond motifs is 1. The van der Waals surface area contributed by atoms with E-state index >= 15 is 0 Å². The Kier molecular flexibility index (Phi) is 5.96. The molecule has 1 amide bonds. The van der Waals surface area contributed by atoms with Crippen LogP contribution in [0, 0.1) is 5.95 Å². The van der Waals surface area contributed by atoms with Crippen molar-refractivity contribution in [1.29, 1.82) is 0 Å². The molecule has 2 aromatic carbocycles. The predicted molar refractivity (Wildman–Crippen MR) is 131 cm³/mol.